The average Bonchev–Trinajstić information content (AvgIpc) is 1.65. The van der Waals surface area contributed by atoms with Crippen LogP contribution < -0.4 is 26.2 Å². The highest BCUT2D eigenvalue weighted by molar-refractivity contribution is 7.00. The van der Waals surface area contributed by atoms with Gasteiger partial charge in [0.25, 0.3) is 6.71 Å². The Hall–Kier alpha value is -12.6. The zero-order valence-corrected chi connectivity index (χ0v) is 67.1. The van der Waals surface area contributed by atoms with E-state index < -0.39 is 18.2 Å². The van der Waals surface area contributed by atoms with Crippen molar-refractivity contribution < 1.29 is 6.85 Å². The van der Waals surface area contributed by atoms with Crippen molar-refractivity contribution in [3.63, 3.8) is 0 Å². The Morgan fingerprint density at radius 1 is 0.263 bits per heavy atom. The Kier molecular flexibility index (Phi) is 15.9. The van der Waals surface area contributed by atoms with Crippen molar-refractivity contribution in [2.24, 2.45) is 0 Å². The molecule has 3 heteroatoms. The Bertz CT molecular complexity index is 6570. The van der Waals surface area contributed by atoms with Crippen molar-refractivity contribution in [1.82, 2.24) is 0 Å². The van der Waals surface area contributed by atoms with Crippen LogP contribution in [0, 0.1) is 0 Å². The normalized spacial score (nSPS) is 14.9. The van der Waals surface area contributed by atoms with Crippen LogP contribution in [-0.4, -0.2) is 6.71 Å². The first-order valence-corrected chi connectivity index (χ1v) is 40.3. The highest BCUT2D eigenvalue weighted by atomic mass is 15.2. The molecular weight excluding hydrogens is 1370 g/mol. The molecule has 16 aromatic carbocycles. The van der Waals surface area contributed by atoms with Crippen LogP contribution in [0.2, 0.25) is 0 Å². The molecule has 0 aromatic heterocycles. The van der Waals surface area contributed by atoms with E-state index in [4.69, 9.17) is 1.37 Å². The third-order valence-electron chi connectivity index (χ3n) is 24.4. The van der Waals surface area contributed by atoms with Gasteiger partial charge in [-0.15, -0.1) is 0 Å². The van der Waals surface area contributed by atoms with E-state index in [1.807, 2.05) is 6.07 Å². The minimum absolute atomic E-state index is 0.141. The zero-order valence-electron chi connectivity index (χ0n) is 72.1. The molecule has 19 rings (SSSR count). The summed E-state index contributed by atoms with van der Waals surface area (Å²) in [6.07, 6.45) is 0. The van der Waals surface area contributed by atoms with Crippen molar-refractivity contribution >= 4 is 68.0 Å². The molecule has 2 heterocycles. The smallest absolute Gasteiger partial charge is 0.252 e. The summed E-state index contributed by atoms with van der Waals surface area (Å²) in [6.45, 7) is 27.2. The molecule has 0 amide bonds. The molecule has 3 aliphatic rings. The fourth-order valence-corrected chi connectivity index (χ4v) is 18.5. The molecule has 1 aliphatic carbocycles. The molecule has 552 valence electrons. The molecule has 1 unspecified atom stereocenters. The van der Waals surface area contributed by atoms with Gasteiger partial charge in [0, 0.05) is 45.0 Å². The van der Waals surface area contributed by atoms with Gasteiger partial charge in [0.15, 0.2) is 0 Å². The Morgan fingerprint density at radius 2 is 0.667 bits per heavy atom. The fourth-order valence-electron chi connectivity index (χ4n) is 18.5. The molecule has 0 radical (unpaired) electrons. The van der Waals surface area contributed by atoms with Crippen molar-refractivity contribution in [3.05, 3.63) is 402 Å². The van der Waals surface area contributed by atoms with Crippen LogP contribution in [-0.2, 0) is 27.1 Å². The molecule has 0 bridgehead atoms. The average molecular weight is 1470 g/mol. The van der Waals surface area contributed by atoms with Crippen molar-refractivity contribution in [3.8, 4) is 89.0 Å². The van der Waals surface area contributed by atoms with Crippen molar-refractivity contribution in [1.29, 1.82) is 0 Å². The second kappa shape index (κ2) is 27.4. The van der Waals surface area contributed by atoms with E-state index in [2.05, 4.69) is 414 Å². The first kappa shape index (κ1) is 66.1. The van der Waals surface area contributed by atoms with E-state index in [1.54, 1.807) is 0 Å². The van der Waals surface area contributed by atoms with E-state index >= 15 is 0 Å². The van der Waals surface area contributed by atoms with Gasteiger partial charge in [-0.25, -0.2) is 0 Å². The van der Waals surface area contributed by atoms with Gasteiger partial charge in [-0.05, 0) is 215 Å². The Labute approximate surface area is 681 Å². The summed E-state index contributed by atoms with van der Waals surface area (Å²) in [5.41, 5.74) is 32.2. The van der Waals surface area contributed by atoms with E-state index in [1.165, 1.54) is 44.3 Å². The molecule has 2 aliphatic heterocycles. The molecule has 114 heavy (non-hydrogen) atoms. The second-order valence-electron chi connectivity index (χ2n) is 35.6. The number of fused-ring (bicyclic) bond motifs is 8. The lowest BCUT2D eigenvalue weighted by Crippen LogP contribution is -2.61. The van der Waals surface area contributed by atoms with E-state index in [0.29, 0.717) is 5.56 Å². The number of benzene rings is 16. The molecule has 1 atom stereocenters. The summed E-state index contributed by atoms with van der Waals surface area (Å²) in [7, 11) is 0. The van der Waals surface area contributed by atoms with Gasteiger partial charge in [0.2, 0.25) is 0 Å². The fraction of sp³-hybridized carbons (Fsp3) is 0.153. The first-order valence-electron chi connectivity index (χ1n) is 42.8. The van der Waals surface area contributed by atoms with Crippen LogP contribution in [0.15, 0.2) is 358 Å². The lowest BCUT2D eigenvalue weighted by molar-refractivity contribution is 0.569. The molecule has 0 saturated carbocycles. The highest BCUT2D eigenvalue weighted by Crippen LogP contribution is 2.61. The van der Waals surface area contributed by atoms with Crippen LogP contribution in [0.5, 0.6) is 0 Å². The summed E-state index contributed by atoms with van der Waals surface area (Å²) >= 11 is 0. The van der Waals surface area contributed by atoms with Crippen LogP contribution in [0.4, 0.5) is 34.1 Å². The predicted molar refractivity (Wildman–Crippen MR) is 488 cm³/mol. The lowest BCUT2D eigenvalue weighted by atomic mass is 9.33. The maximum Gasteiger partial charge on any atom is 0.252 e. The molecule has 0 N–H and O–H groups in total. The number of hydrogen-bond acceptors (Lipinski definition) is 2. The van der Waals surface area contributed by atoms with Gasteiger partial charge < -0.3 is 9.80 Å². The SMILES string of the molecule is [2H]c1c([2H])c([2H])c(-c2ccc3c(c2)B2c4cc(-c5cc(C(C)(C)C)cc(C(C)(C)C)c5)ccc4N(c4c(-c5ccccc5)cc(C(C)(C)C)cc4-c4ccccc4)c4cc(-c5cccc6c5C(c5ccccc5)(c5ccc7ccccc7c5)c5ccccc5-6)cc(c42)N3c2c(-c3ccccc3)cc(C(C)(C)C)cc2-c2ccccc2)c([2H])c1[2H]. The van der Waals surface area contributed by atoms with Gasteiger partial charge in [-0.1, -0.05) is 386 Å². The maximum absolute atomic E-state index is 9.87. The second-order valence-corrected chi connectivity index (χ2v) is 35.6. The quantitative estimate of drug-likeness (QED) is 0.119. The van der Waals surface area contributed by atoms with Crippen LogP contribution in [0.25, 0.3) is 99.8 Å². The number of hydrogen-bond donors (Lipinski definition) is 0. The molecular formula is C111H95BN2. The number of nitrogens with zero attached hydrogens (tertiary/aromatic N) is 2. The van der Waals surface area contributed by atoms with Gasteiger partial charge in [-0.2, -0.15) is 0 Å². The highest BCUT2D eigenvalue weighted by Gasteiger charge is 2.50. The molecule has 0 saturated heterocycles. The largest absolute Gasteiger partial charge is 0.310 e. The van der Waals surface area contributed by atoms with E-state index in [-0.39, 0.29) is 51.4 Å². The minimum Gasteiger partial charge on any atom is -0.310 e. The molecule has 0 spiro atoms. The third-order valence-corrected chi connectivity index (χ3v) is 24.4. The molecule has 2 nitrogen and oxygen atoms in total. The Morgan fingerprint density at radius 3 is 1.14 bits per heavy atom. The third kappa shape index (κ3) is 12.1. The topological polar surface area (TPSA) is 6.48 Å². The summed E-state index contributed by atoms with van der Waals surface area (Å²) in [4.78, 5) is 5.23. The van der Waals surface area contributed by atoms with Gasteiger partial charge in [-0.3, -0.25) is 0 Å². The predicted octanol–water partition coefficient (Wildman–Crippen LogP) is 28.1. The van der Waals surface area contributed by atoms with Crippen LogP contribution >= 0.6 is 0 Å². The van der Waals surface area contributed by atoms with E-state index in [9.17, 15) is 5.48 Å². The van der Waals surface area contributed by atoms with Crippen molar-refractivity contribution in [2.45, 2.75) is 110 Å². The monoisotopic (exact) mass is 1470 g/mol. The summed E-state index contributed by atoms with van der Waals surface area (Å²) in [5, 5.41) is 2.33. The van der Waals surface area contributed by atoms with E-state index in [0.717, 1.165) is 139 Å². The van der Waals surface area contributed by atoms with Gasteiger partial charge in [0.05, 0.1) is 23.6 Å². The van der Waals surface area contributed by atoms with Crippen LogP contribution in [0.1, 0.15) is 134 Å². The van der Waals surface area contributed by atoms with Crippen molar-refractivity contribution in [2.75, 3.05) is 9.80 Å². The summed E-state index contributed by atoms with van der Waals surface area (Å²) in [6, 6.07) is 121. The standard InChI is InChI=1S/C111H95BN2/c1-107(2,3)85-61-81(62-86(67-85)108(4,5)6)80-56-59-100-98(64-80)112-97-63-79(72-36-19-13-20-37-72)55-58-99(97)113(105-92(74-39-21-14-22-40-74)68-87(109(7,8)9)69-93(105)75-41-23-15-24-42-75)101-65-82(66-102(104(101)112)114(100)106-94(76-43-25-16-26-44-76)70-88(110(10,11)12)71-95(106)77-45-27-17-28-46-77)89-51-35-52-91-90-50-33-34-53-96(90)111(103(89)91,83-48-29-18-30-49-83)84-57-54-73-38-31-32-47-78(73)60-84/h13-71H,1-12H3/i13D,19D,20D,36D,37D. The lowest BCUT2D eigenvalue weighted by Gasteiger charge is -2.46. The minimum atomic E-state index is -0.858. The van der Waals surface area contributed by atoms with Gasteiger partial charge >= 0.3 is 0 Å². The summed E-state index contributed by atoms with van der Waals surface area (Å²) < 4.78 is 47.4. The number of rotatable bonds is 11. The van der Waals surface area contributed by atoms with Crippen LogP contribution in [0.3, 0.4) is 0 Å². The first-order chi connectivity index (χ1) is 57.1. The summed E-state index contributed by atoms with van der Waals surface area (Å²) in [5.74, 6) is 0. The number of anilines is 6. The molecule has 0 fully saturated rings. The molecule has 16 aromatic rings. The maximum atomic E-state index is 9.87. The Balaban J connectivity index is 1.05. The zero-order chi connectivity index (χ0) is 82.5. The van der Waals surface area contributed by atoms with Gasteiger partial charge in [0.1, 0.15) is 0 Å².